The SMILES string of the molecule is CC(C)(C)c1ccc(OC[C@@H](O)CN2CCC3(CC2)CSC2=C(O3)c3cc(-c4ccccc4)ccc3C(=O)C2=O)cc1. The molecule has 3 aliphatic rings. The maximum absolute atomic E-state index is 13.0. The van der Waals surface area contributed by atoms with Gasteiger partial charge < -0.3 is 19.5 Å². The predicted molar refractivity (Wildman–Crippen MR) is 167 cm³/mol. The topological polar surface area (TPSA) is 76.1 Å². The summed E-state index contributed by atoms with van der Waals surface area (Å²) < 4.78 is 12.6. The number of carbonyl (C=O) groups is 2. The molecule has 0 saturated carbocycles. The van der Waals surface area contributed by atoms with Crippen LogP contribution in [0.15, 0.2) is 77.7 Å². The minimum absolute atomic E-state index is 0.0841. The Morgan fingerprint density at radius 3 is 2.33 bits per heavy atom. The second kappa shape index (κ2) is 11.4. The van der Waals surface area contributed by atoms with E-state index in [-0.39, 0.29) is 12.0 Å². The number of hydrogen-bond donors (Lipinski definition) is 1. The highest BCUT2D eigenvalue weighted by Gasteiger charge is 2.46. The van der Waals surface area contributed by atoms with Gasteiger partial charge in [0.05, 0.1) is 0 Å². The van der Waals surface area contributed by atoms with Crippen LogP contribution in [0, 0.1) is 0 Å². The third-order valence-corrected chi connectivity index (χ3v) is 9.76. The van der Waals surface area contributed by atoms with Crippen LogP contribution in [0.3, 0.4) is 0 Å². The van der Waals surface area contributed by atoms with Gasteiger partial charge in [-0.2, -0.15) is 0 Å². The van der Waals surface area contributed by atoms with Crippen molar-refractivity contribution in [2.45, 2.75) is 50.7 Å². The monoisotopic (exact) mass is 583 g/mol. The molecule has 218 valence electrons. The highest BCUT2D eigenvalue weighted by Crippen LogP contribution is 2.48. The van der Waals surface area contributed by atoms with E-state index in [1.807, 2.05) is 54.6 Å². The molecular formula is C35H37NO5S. The van der Waals surface area contributed by atoms with Gasteiger partial charge >= 0.3 is 0 Å². The van der Waals surface area contributed by atoms with Crippen LogP contribution in [0.4, 0.5) is 0 Å². The van der Waals surface area contributed by atoms with E-state index in [1.165, 1.54) is 17.3 Å². The molecule has 7 heteroatoms. The Hall–Kier alpha value is -3.39. The van der Waals surface area contributed by atoms with E-state index in [4.69, 9.17) is 9.47 Å². The molecule has 3 aromatic carbocycles. The van der Waals surface area contributed by atoms with Gasteiger partial charge in [-0.25, -0.2) is 0 Å². The maximum Gasteiger partial charge on any atom is 0.243 e. The van der Waals surface area contributed by atoms with E-state index < -0.39 is 23.3 Å². The van der Waals surface area contributed by atoms with E-state index in [2.05, 4.69) is 37.8 Å². The van der Waals surface area contributed by atoms with Crippen molar-refractivity contribution in [1.82, 2.24) is 4.90 Å². The number of ketones is 2. The van der Waals surface area contributed by atoms with Crippen molar-refractivity contribution in [2.75, 3.05) is 32.0 Å². The van der Waals surface area contributed by atoms with Crippen LogP contribution in [-0.2, 0) is 14.9 Å². The highest BCUT2D eigenvalue weighted by atomic mass is 32.2. The molecule has 1 N–H and O–H groups in total. The van der Waals surface area contributed by atoms with Gasteiger partial charge in [0.2, 0.25) is 11.6 Å². The minimum atomic E-state index is -0.609. The predicted octanol–water partition coefficient (Wildman–Crippen LogP) is 6.12. The third kappa shape index (κ3) is 5.78. The summed E-state index contributed by atoms with van der Waals surface area (Å²) in [6, 6.07) is 23.7. The van der Waals surface area contributed by atoms with Crippen molar-refractivity contribution in [3.63, 3.8) is 0 Å². The van der Waals surface area contributed by atoms with Gasteiger partial charge in [0, 0.05) is 49.4 Å². The van der Waals surface area contributed by atoms with Crippen LogP contribution in [0.1, 0.15) is 55.1 Å². The molecule has 0 bridgehead atoms. The van der Waals surface area contributed by atoms with Gasteiger partial charge in [-0.15, -0.1) is 11.8 Å². The van der Waals surface area contributed by atoms with Crippen molar-refractivity contribution in [1.29, 1.82) is 0 Å². The van der Waals surface area contributed by atoms with E-state index in [0.29, 0.717) is 34.1 Å². The molecule has 1 spiro atoms. The molecule has 0 aromatic heterocycles. The first-order chi connectivity index (χ1) is 20.1. The van der Waals surface area contributed by atoms with Gasteiger partial charge in [0.1, 0.15) is 34.7 Å². The Balaban J connectivity index is 1.10. The third-order valence-electron chi connectivity index (χ3n) is 8.43. The molecule has 1 saturated heterocycles. The number of benzene rings is 3. The largest absolute Gasteiger partial charge is 0.491 e. The molecule has 1 fully saturated rings. The molecule has 3 aromatic rings. The summed E-state index contributed by atoms with van der Waals surface area (Å²) >= 11 is 1.45. The number of piperidine rings is 1. The number of aliphatic hydroxyl groups excluding tert-OH is 1. The van der Waals surface area contributed by atoms with E-state index >= 15 is 0 Å². The lowest BCUT2D eigenvalue weighted by atomic mass is 9.87. The maximum atomic E-state index is 13.0. The summed E-state index contributed by atoms with van der Waals surface area (Å²) in [4.78, 5) is 28.6. The van der Waals surface area contributed by atoms with Crippen LogP contribution < -0.4 is 4.74 Å². The van der Waals surface area contributed by atoms with Gasteiger partial charge in [0.25, 0.3) is 0 Å². The number of rotatable bonds is 6. The molecule has 1 atom stereocenters. The summed E-state index contributed by atoms with van der Waals surface area (Å²) in [6.07, 6.45) is 0.936. The second-order valence-corrected chi connectivity index (χ2v) is 13.5. The van der Waals surface area contributed by atoms with Crippen LogP contribution in [-0.4, -0.2) is 65.3 Å². The number of aliphatic hydroxyl groups is 1. The molecule has 1 aliphatic carbocycles. The zero-order chi connectivity index (χ0) is 29.5. The average molecular weight is 584 g/mol. The normalized spacial score (nSPS) is 19.2. The van der Waals surface area contributed by atoms with Crippen molar-refractivity contribution in [3.8, 4) is 16.9 Å². The van der Waals surface area contributed by atoms with Crippen LogP contribution in [0.2, 0.25) is 0 Å². The zero-order valence-corrected chi connectivity index (χ0v) is 25.2. The Kier molecular flexibility index (Phi) is 7.77. The number of nitrogens with zero attached hydrogens (tertiary/aromatic N) is 1. The number of β-amino-alcohol motifs (C(OH)–C–C–N with tert-alkyl or cyclic N) is 1. The van der Waals surface area contributed by atoms with E-state index in [9.17, 15) is 14.7 Å². The lowest BCUT2D eigenvalue weighted by molar-refractivity contribution is -0.111. The standard InChI is InChI=1S/C35H37NO5S/c1-34(2,3)25-10-12-27(13-11-25)40-21-26(37)20-36-17-15-35(16-18-36)22-42-33-31(39)30(38)28-14-9-24(19-29(28)32(33)41-35)23-7-5-4-6-8-23/h4-14,19,26,37H,15-18,20-22H2,1-3H3/t26-/m0/s1. The Labute approximate surface area is 251 Å². The Morgan fingerprint density at radius 2 is 1.64 bits per heavy atom. The van der Waals surface area contributed by atoms with Crippen LogP contribution in [0.25, 0.3) is 16.9 Å². The first-order valence-corrected chi connectivity index (χ1v) is 15.6. The summed E-state index contributed by atoms with van der Waals surface area (Å²) in [5.74, 6) is 0.989. The van der Waals surface area contributed by atoms with Crippen molar-refractivity contribution in [2.24, 2.45) is 0 Å². The lowest BCUT2D eigenvalue weighted by Gasteiger charge is -2.45. The minimum Gasteiger partial charge on any atom is -0.491 e. The summed E-state index contributed by atoms with van der Waals surface area (Å²) in [5, 5.41) is 10.7. The number of ether oxygens (including phenoxy) is 2. The fourth-order valence-electron chi connectivity index (χ4n) is 5.86. The molecule has 2 aliphatic heterocycles. The molecule has 6 nitrogen and oxygen atoms in total. The van der Waals surface area contributed by atoms with Crippen LogP contribution >= 0.6 is 11.8 Å². The summed E-state index contributed by atoms with van der Waals surface area (Å²) in [6.45, 7) is 8.83. The first-order valence-electron chi connectivity index (χ1n) is 14.6. The Morgan fingerprint density at radius 1 is 0.929 bits per heavy atom. The number of carbonyl (C=O) groups excluding carboxylic acids is 2. The van der Waals surface area contributed by atoms with Crippen molar-refractivity contribution < 1.29 is 24.2 Å². The molecule has 6 rings (SSSR count). The summed E-state index contributed by atoms with van der Waals surface area (Å²) in [5.41, 5.74) is 4.04. The molecule has 0 unspecified atom stereocenters. The van der Waals surface area contributed by atoms with Crippen molar-refractivity contribution in [3.05, 3.63) is 94.4 Å². The quantitative estimate of drug-likeness (QED) is 0.350. The Bertz CT molecular complexity index is 1520. The fraction of sp³-hybridized carbons (Fsp3) is 0.371. The first kappa shape index (κ1) is 28.7. The zero-order valence-electron chi connectivity index (χ0n) is 24.4. The van der Waals surface area contributed by atoms with E-state index in [1.54, 1.807) is 6.07 Å². The number of thioether (sulfide) groups is 1. The smallest absolute Gasteiger partial charge is 0.243 e. The van der Waals surface area contributed by atoms with Gasteiger partial charge in [0.15, 0.2) is 0 Å². The average Bonchev–Trinajstić information content (AvgIpc) is 3.00. The molecule has 2 heterocycles. The second-order valence-electron chi connectivity index (χ2n) is 12.6. The molecular weight excluding hydrogens is 546 g/mol. The number of allylic oxidation sites excluding steroid dienone is 1. The number of Topliss-reactive ketones (excluding diaryl/α,β-unsaturated/α-hetero) is 2. The summed E-state index contributed by atoms with van der Waals surface area (Å²) in [7, 11) is 0. The number of likely N-dealkylation sites (tertiary alicyclic amines) is 1. The molecule has 0 amide bonds. The number of hydrogen-bond acceptors (Lipinski definition) is 7. The van der Waals surface area contributed by atoms with Crippen LogP contribution in [0.5, 0.6) is 5.75 Å². The highest BCUT2D eigenvalue weighted by molar-refractivity contribution is 8.04. The van der Waals surface area contributed by atoms with Gasteiger partial charge in [-0.3, -0.25) is 9.59 Å². The lowest BCUT2D eigenvalue weighted by Crippen LogP contribution is -2.51. The van der Waals surface area contributed by atoms with E-state index in [0.717, 1.165) is 42.8 Å². The van der Waals surface area contributed by atoms with Gasteiger partial charge in [-0.05, 0) is 46.4 Å². The molecule has 0 radical (unpaired) electrons. The number of fused-ring (bicyclic) bond motifs is 2. The molecule has 42 heavy (non-hydrogen) atoms. The van der Waals surface area contributed by atoms with Crippen molar-refractivity contribution >= 4 is 29.1 Å². The van der Waals surface area contributed by atoms with Gasteiger partial charge in [-0.1, -0.05) is 69.3 Å². The fourth-order valence-corrected chi connectivity index (χ4v) is 7.12.